The Balaban J connectivity index is 2.25. The first kappa shape index (κ1) is 13.5. The van der Waals surface area contributed by atoms with Crippen molar-refractivity contribution in [3.8, 4) is 0 Å². The topological polar surface area (TPSA) is 42.4 Å². The van der Waals surface area contributed by atoms with Crippen molar-refractivity contribution < 1.29 is 9.53 Å². The standard InChI is InChI=1S/C13H20N2O2S/c1-8(2)12-11(7-16)18-13(14-12)15-5-9(3)17-10(4)6-15/h7-10H,5-6H2,1-4H3/t9-,10+. The molecule has 2 heterocycles. The first-order valence-corrected chi connectivity index (χ1v) is 7.19. The Bertz CT molecular complexity index is 421. The van der Waals surface area contributed by atoms with E-state index in [0.29, 0.717) is 0 Å². The van der Waals surface area contributed by atoms with Crippen LogP contribution in [0.5, 0.6) is 0 Å². The van der Waals surface area contributed by atoms with Crippen LogP contribution in [-0.4, -0.2) is 36.6 Å². The fourth-order valence-electron chi connectivity index (χ4n) is 2.30. The Morgan fingerprint density at radius 2 is 2.00 bits per heavy atom. The fourth-order valence-corrected chi connectivity index (χ4v) is 3.35. The molecule has 0 bridgehead atoms. The third-order valence-electron chi connectivity index (χ3n) is 3.01. The van der Waals surface area contributed by atoms with E-state index in [2.05, 4.69) is 37.6 Å². The van der Waals surface area contributed by atoms with E-state index in [9.17, 15) is 4.79 Å². The second kappa shape index (κ2) is 5.36. The highest BCUT2D eigenvalue weighted by atomic mass is 32.1. The highest BCUT2D eigenvalue weighted by Gasteiger charge is 2.25. The van der Waals surface area contributed by atoms with Gasteiger partial charge in [-0.25, -0.2) is 4.98 Å². The molecule has 1 aromatic heterocycles. The molecule has 0 unspecified atom stereocenters. The van der Waals surface area contributed by atoms with Gasteiger partial charge in [0.05, 0.1) is 22.8 Å². The number of hydrogen-bond acceptors (Lipinski definition) is 5. The third kappa shape index (κ3) is 2.72. The Morgan fingerprint density at radius 1 is 1.39 bits per heavy atom. The highest BCUT2D eigenvalue weighted by molar-refractivity contribution is 7.17. The number of morpholine rings is 1. The number of rotatable bonds is 3. The van der Waals surface area contributed by atoms with Crippen LogP contribution in [0.15, 0.2) is 0 Å². The first-order valence-electron chi connectivity index (χ1n) is 6.37. The summed E-state index contributed by atoms with van der Waals surface area (Å²) in [5.41, 5.74) is 0.914. The predicted octanol–water partition coefficient (Wildman–Crippen LogP) is 2.69. The average Bonchev–Trinajstić information content (AvgIpc) is 2.71. The smallest absolute Gasteiger partial charge is 0.186 e. The van der Waals surface area contributed by atoms with Crippen LogP contribution in [0.3, 0.4) is 0 Å². The average molecular weight is 268 g/mol. The number of carbonyl (C=O) groups excluding carboxylic acids is 1. The molecule has 5 heteroatoms. The molecule has 1 aromatic rings. The highest BCUT2D eigenvalue weighted by Crippen LogP contribution is 2.31. The van der Waals surface area contributed by atoms with Gasteiger partial charge in [-0.1, -0.05) is 25.2 Å². The first-order chi connectivity index (χ1) is 8.51. The van der Waals surface area contributed by atoms with Crippen molar-refractivity contribution in [2.75, 3.05) is 18.0 Å². The molecule has 1 aliphatic heterocycles. The zero-order valence-corrected chi connectivity index (χ0v) is 12.2. The minimum absolute atomic E-state index is 0.208. The zero-order chi connectivity index (χ0) is 13.3. The minimum Gasteiger partial charge on any atom is -0.372 e. The van der Waals surface area contributed by atoms with Crippen molar-refractivity contribution in [3.05, 3.63) is 10.6 Å². The van der Waals surface area contributed by atoms with Gasteiger partial charge in [-0.15, -0.1) is 0 Å². The van der Waals surface area contributed by atoms with Gasteiger partial charge in [-0.3, -0.25) is 4.79 Å². The number of nitrogens with zero attached hydrogens (tertiary/aromatic N) is 2. The summed E-state index contributed by atoms with van der Waals surface area (Å²) in [7, 11) is 0. The summed E-state index contributed by atoms with van der Waals surface area (Å²) in [5, 5.41) is 0.947. The molecular weight excluding hydrogens is 248 g/mol. The van der Waals surface area contributed by atoms with Crippen molar-refractivity contribution in [1.82, 2.24) is 4.98 Å². The molecule has 0 radical (unpaired) electrons. The van der Waals surface area contributed by atoms with Gasteiger partial charge in [0, 0.05) is 13.1 Å². The van der Waals surface area contributed by atoms with Crippen LogP contribution in [0.25, 0.3) is 0 Å². The van der Waals surface area contributed by atoms with Crippen LogP contribution in [-0.2, 0) is 4.74 Å². The van der Waals surface area contributed by atoms with E-state index in [1.54, 1.807) is 0 Å². The Kier molecular flexibility index (Phi) is 4.02. The SMILES string of the molecule is CC(C)c1nc(N2C[C@@H](C)O[C@@H](C)C2)sc1C=O. The summed E-state index contributed by atoms with van der Waals surface area (Å²) in [5.74, 6) is 0.283. The molecule has 0 aromatic carbocycles. The quantitative estimate of drug-likeness (QED) is 0.790. The number of hydrogen-bond donors (Lipinski definition) is 0. The summed E-state index contributed by atoms with van der Waals surface area (Å²) in [6.07, 6.45) is 1.34. The van der Waals surface area contributed by atoms with E-state index >= 15 is 0 Å². The van der Waals surface area contributed by atoms with E-state index in [1.165, 1.54) is 11.3 Å². The maximum Gasteiger partial charge on any atom is 0.186 e. The molecule has 0 aliphatic carbocycles. The van der Waals surface area contributed by atoms with Crippen molar-refractivity contribution in [3.63, 3.8) is 0 Å². The molecule has 4 nitrogen and oxygen atoms in total. The second-order valence-corrected chi connectivity index (χ2v) is 6.19. The van der Waals surface area contributed by atoms with Gasteiger partial charge >= 0.3 is 0 Å². The fraction of sp³-hybridized carbons (Fsp3) is 0.692. The lowest BCUT2D eigenvalue weighted by atomic mass is 10.1. The summed E-state index contributed by atoms with van der Waals surface area (Å²) >= 11 is 1.49. The van der Waals surface area contributed by atoms with Gasteiger partial charge in [0.15, 0.2) is 11.4 Å². The second-order valence-electron chi connectivity index (χ2n) is 5.18. The molecule has 1 fully saturated rings. The van der Waals surface area contributed by atoms with Gasteiger partial charge in [0.1, 0.15) is 0 Å². The summed E-state index contributed by atoms with van der Waals surface area (Å²) < 4.78 is 5.71. The normalized spacial score (nSPS) is 24.6. The van der Waals surface area contributed by atoms with Crippen LogP contribution < -0.4 is 4.90 Å². The van der Waals surface area contributed by atoms with Gasteiger partial charge < -0.3 is 9.64 Å². The lowest BCUT2D eigenvalue weighted by molar-refractivity contribution is -0.00523. The molecule has 2 rings (SSSR count). The molecule has 18 heavy (non-hydrogen) atoms. The molecule has 2 atom stereocenters. The lowest BCUT2D eigenvalue weighted by Gasteiger charge is -2.35. The number of anilines is 1. The number of ether oxygens (including phenoxy) is 1. The number of carbonyl (C=O) groups is 1. The number of thiazole rings is 1. The number of aldehydes is 1. The maximum absolute atomic E-state index is 11.1. The van der Waals surface area contributed by atoms with E-state index in [4.69, 9.17) is 4.74 Å². The van der Waals surface area contributed by atoms with Gasteiger partial charge in [-0.05, 0) is 19.8 Å². The van der Waals surface area contributed by atoms with E-state index in [1.807, 2.05) is 0 Å². The maximum atomic E-state index is 11.1. The van der Waals surface area contributed by atoms with E-state index in [0.717, 1.165) is 35.1 Å². The minimum atomic E-state index is 0.208. The van der Waals surface area contributed by atoms with Gasteiger partial charge in [0.25, 0.3) is 0 Å². The Morgan fingerprint density at radius 3 is 2.44 bits per heavy atom. The molecule has 100 valence electrons. The van der Waals surface area contributed by atoms with Crippen LogP contribution >= 0.6 is 11.3 Å². The van der Waals surface area contributed by atoms with E-state index < -0.39 is 0 Å². The van der Waals surface area contributed by atoms with Gasteiger partial charge in [0.2, 0.25) is 0 Å². The van der Waals surface area contributed by atoms with Crippen LogP contribution in [0.4, 0.5) is 5.13 Å². The Labute approximate surface area is 112 Å². The van der Waals surface area contributed by atoms with Crippen LogP contribution in [0, 0.1) is 0 Å². The van der Waals surface area contributed by atoms with Crippen molar-refractivity contribution in [1.29, 1.82) is 0 Å². The van der Waals surface area contributed by atoms with Gasteiger partial charge in [-0.2, -0.15) is 0 Å². The zero-order valence-electron chi connectivity index (χ0n) is 11.3. The molecule has 0 N–H and O–H groups in total. The molecule has 1 saturated heterocycles. The van der Waals surface area contributed by atoms with E-state index in [-0.39, 0.29) is 18.1 Å². The molecule has 0 saturated carbocycles. The van der Waals surface area contributed by atoms with Crippen molar-refractivity contribution in [2.45, 2.75) is 45.8 Å². The predicted molar refractivity (Wildman–Crippen MR) is 73.8 cm³/mol. The Hall–Kier alpha value is -0.940. The van der Waals surface area contributed by atoms with Crippen molar-refractivity contribution in [2.24, 2.45) is 0 Å². The summed E-state index contributed by atoms with van der Waals surface area (Å²) in [6.45, 7) is 9.95. The summed E-state index contributed by atoms with van der Waals surface area (Å²) in [6, 6.07) is 0. The number of aromatic nitrogens is 1. The van der Waals surface area contributed by atoms with Crippen LogP contribution in [0.1, 0.15) is 49.0 Å². The molecule has 1 aliphatic rings. The van der Waals surface area contributed by atoms with Crippen molar-refractivity contribution >= 4 is 22.8 Å². The third-order valence-corrected chi connectivity index (χ3v) is 4.07. The monoisotopic (exact) mass is 268 g/mol. The molecule has 0 amide bonds. The summed E-state index contributed by atoms with van der Waals surface area (Å²) in [4.78, 5) is 18.7. The molecule has 0 spiro atoms. The lowest BCUT2D eigenvalue weighted by Crippen LogP contribution is -2.45. The van der Waals surface area contributed by atoms with Crippen LogP contribution in [0.2, 0.25) is 0 Å². The largest absolute Gasteiger partial charge is 0.372 e. The molecular formula is C13H20N2O2S.